The van der Waals surface area contributed by atoms with Gasteiger partial charge in [-0.2, -0.15) is 11.8 Å². The van der Waals surface area contributed by atoms with Gasteiger partial charge in [0.2, 0.25) is 0 Å². The second-order valence-electron chi connectivity index (χ2n) is 4.16. The third-order valence-electron chi connectivity index (χ3n) is 2.98. The highest BCUT2D eigenvalue weighted by Gasteiger charge is 2.41. The van der Waals surface area contributed by atoms with Gasteiger partial charge in [-0.05, 0) is 26.0 Å². The van der Waals surface area contributed by atoms with E-state index < -0.39 is 0 Å². The molecular formula is C11H16N2O2S2. The Morgan fingerprint density at radius 3 is 2.88 bits per heavy atom. The molecule has 1 N–H and O–H groups in total. The first-order valence-electron chi connectivity index (χ1n) is 5.45. The number of esters is 1. The van der Waals surface area contributed by atoms with Gasteiger partial charge in [0.05, 0.1) is 7.11 Å². The van der Waals surface area contributed by atoms with Crippen LogP contribution < -0.4 is 5.32 Å². The quantitative estimate of drug-likeness (QED) is 0.835. The first kappa shape index (κ1) is 12.7. The average Bonchev–Trinajstić information content (AvgIpc) is 3.03. The maximum atomic E-state index is 11.4. The summed E-state index contributed by atoms with van der Waals surface area (Å²) < 4.78 is 5.08. The fourth-order valence-corrected chi connectivity index (χ4v) is 3.11. The Bertz CT molecular complexity index is 427. The largest absolute Gasteiger partial charge is 0.464 e. The summed E-state index contributed by atoms with van der Waals surface area (Å²) in [5, 5.41) is 4.13. The van der Waals surface area contributed by atoms with Crippen LogP contribution >= 0.6 is 23.1 Å². The summed E-state index contributed by atoms with van der Waals surface area (Å²) in [6, 6.07) is 0. The third-order valence-corrected chi connectivity index (χ3v) is 5.32. The van der Waals surface area contributed by atoms with Crippen molar-refractivity contribution in [3.05, 3.63) is 10.6 Å². The van der Waals surface area contributed by atoms with E-state index in [1.165, 1.54) is 31.3 Å². The normalized spacial score (nSPS) is 16.6. The van der Waals surface area contributed by atoms with Gasteiger partial charge >= 0.3 is 5.97 Å². The summed E-state index contributed by atoms with van der Waals surface area (Å²) in [4.78, 5) is 16.6. The summed E-state index contributed by atoms with van der Waals surface area (Å²) in [5.74, 6) is -0.363. The third kappa shape index (κ3) is 2.74. The van der Waals surface area contributed by atoms with Crippen LogP contribution in [0, 0.1) is 6.92 Å². The molecule has 1 aromatic heterocycles. The molecule has 0 atom stereocenters. The lowest BCUT2D eigenvalue weighted by Crippen LogP contribution is -2.17. The monoisotopic (exact) mass is 272 g/mol. The molecule has 4 nitrogen and oxygen atoms in total. The van der Waals surface area contributed by atoms with Crippen molar-refractivity contribution in [3.63, 3.8) is 0 Å². The number of nitrogens with one attached hydrogen (secondary N) is 1. The number of anilines is 1. The van der Waals surface area contributed by atoms with Gasteiger partial charge in [-0.3, -0.25) is 0 Å². The summed E-state index contributed by atoms with van der Waals surface area (Å²) in [5.41, 5.74) is 0.425. The van der Waals surface area contributed by atoms with Gasteiger partial charge in [0.1, 0.15) is 0 Å². The molecule has 0 aliphatic heterocycles. The molecule has 2 rings (SSSR count). The van der Waals surface area contributed by atoms with Crippen molar-refractivity contribution < 1.29 is 9.53 Å². The van der Waals surface area contributed by atoms with Crippen molar-refractivity contribution in [1.82, 2.24) is 4.98 Å². The van der Waals surface area contributed by atoms with Crippen molar-refractivity contribution in [2.75, 3.05) is 25.2 Å². The summed E-state index contributed by atoms with van der Waals surface area (Å²) in [6.45, 7) is 2.80. The van der Waals surface area contributed by atoms with E-state index in [-0.39, 0.29) is 5.97 Å². The lowest BCUT2D eigenvalue weighted by Gasteiger charge is -2.11. The number of thioether (sulfide) groups is 1. The number of hydrogen-bond acceptors (Lipinski definition) is 6. The number of aromatic nitrogens is 1. The first-order valence-corrected chi connectivity index (χ1v) is 7.49. The van der Waals surface area contributed by atoms with Crippen LogP contribution in [0.15, 0.2) is 0 Å². The Morgan fingerprint density at radius 1 is 1.65 bits per heavy atom. The topological polar surface area (TPSA) is 51.2 Å². The molecule has 1 aliphatic rings. The lowest BCUT2D eigenvalue weighted by atomic mass is 10.4. The molecule has 1 aromatic rings. The number of methoxy groups -OCH3 is 1. The summed E-state index contributed by atoms with van der Waals surface area (Å²) in [6.07, 6.45) is 4.66. The number of carbonyl (C=O) groups excluding carboxylic acids is 1. The number of aryl methyl sites for hydroxylation is 1. The van der Waals surface area contributed by atoms with Crippen LogP contribution in [-0.2, 0) is 4.74 Å². The van der Waals surface area contributed by atoms with Gasteiger partial charge in [-0.15, -0.1) is 11.3 Å². The molecule has 0 unspecified atom stereocenters. The highest BCUT2D eigenvalue weighted by Crippen LogP contribution is 2.47. The van der Waals surface area contributed by atoms with E-state index in [1.54, 1.807) is 0 Å². The van der Waals surface area contributed by atoms with Crippen molar-refractivity contribution >= 4 is 34.2 Å². The van der Waals surface area contributed by atoms with Crippen LogP contribution in [-0.4, -0.2) is 35.6 Å². The van der Waals surface area contributed by atoms with E-state index in [0.29, 0.717) is 10.4 Å². The summed E-state index contributed by atoms with van der Waals surface area (Å²) in [7, 11) is 1.38. The standard InChI is InChI=1S/C11H16N2O2S2/c1-7-8(9(14)15-2)13-10(17-7)12-6-11(16-3)4-5-11/h4-6H2,1-3H3,(H,12,13). The van der Waals surface area contributed by atoms with Gasteiger partial charge in [0.15, 0.2) is 10.8 Å². The van der Waals surface area contributed by atoms with Crippen LogP contribution in [0.1, 0.15) is 28.2 Å². The molecule has 1 saturated carbocycles. The van der Waals surface area contributed by atoms with Crippen molar-refractivity contribution in [2.45, 2.75) is 24.5 Å². The summed E-state index contributed by atoms with van der Waals surface area (Å²) >= 11 is 3.41. The molecule has 17 heavy (non-hydrogen) atoms. The highest BCUT2D eigenvalue weighted by atomic mass is 32.2. The Hall–Kier alpha value is -0.750. The maximum absolute atomic E-state index is 11.4. The average molecular weight is 272 g/mol. The molecule has 0 bridgehead atoms. The zero-order valence-electron chi connectivity index (χ0n) is 10.2. The number of thiazole rings is 1. The SMILES string of the molecule is COC(=O)c1nc(NCC2(SC)CC2)sc1C. The van der Waals surface area contributed by atoms with E-state index in [4.69, 9.17) is 0 Å². The number of nitrogens with zero attached hydrogens (tertiary/aromatic N) is 1. The van der Waals surface area contributed by atoms with Crippen LogP contribution in [0.25, 0.3) is 0 Å². The molecule has 1 aliphatic carbocycles. The lowest BCUT2D eigenvalue weighted by molar-refractivity contribution is 0.0594. The van der Waals surface area contributed by atoms with Crippen molar-refractivity contribution in [1.29, 1.82) is 0 Å². The maximum Gasteiger partial charge on any atom is 0.357 e. The number of carbonyl (C=O) groups is 1. The molecular weight excluding hydrogens is 256 g/mol. The fraction of sp³-hybridized carbons (Fsp3) is 0.636. The second-order valence-corrected chi connectivity index (χ2v) is 6.63. The van der Waals surface area contributed by atoms with Crippen LogP contribution in [0.5, 0.6) is 0 Å². The van der Waals surface area contributed by atoms with Crippen molar-refractivity contribution in [3.8, 4) is 0 Å². The molecule has 0 radical (unpaired) electrons. The Labute approximate surface area is 109 Å². The van der Waals surface area contributed by atoms with Crippen LogP contribution in [0.4, 0.5) is 5.13 Å². The molecule has 6 heteroatoms. The predicted octanol–water partition coefficient (Wildman–Crippen LogP) is 2.55. The predicted molar refractivity (Wildman–Crippen MR) is 72.2 cm³/mol. The molecule has 1 heterocycles. The van der Waals surface area contributed by atoms with Gasteiger partial charge in [-0.25, -0.2) is 9.78 Å². The minimum Gasteiger partial charge on any atom is -0.464 e. The molecule has 94 valence electrons. The molecule has 1 fully saturated rings. The van der Waals surface area contributed by atoms with Gasteiger partial charge in [0, 0.05) is 16.2 Å². The van der Waals surface area contributed by atoms with E-state index in [2.05, 4.69) is 21.3 Å². The number of rotatable bonds is 5. The van der Waals surface area contributed by atoms with E-state index >= 15 is 0 Å². The number of ether oxygens (including phenoxy) is 1. The smallest absolute Gasteiger partial charge is 0.357 e. The highest BCUT2D eigenvalue weighted by molar-refractivity contribution is 8.00. The minimum absolute atomic E-state index is 0.363. The van der Waals surface area contributed by atoms with Gasteiger partial charge in [-0.1, -0.05) is 0 Å². The zero-order valence-corrected chi connectivity index (χ0v) is 11.8. The fourth-order valence-electron chi connectivity index (χ4n) is 1.59. The van der Waals surface area contributed by atoms with E-state index in [1.807, 2.05) is 18.7 Å². The van der Waals surface area contributed by atoms with Gasteiger partial charge in [0.25, 0.3) is 0 Å². The van der Waals surface area contributed by atoms with Crippen LogP contribution in [0.2, 0.25) is 0 Å². The Kier molecular flexibility index (Phi) is 3.63. The minimum atomic E-state index is -0.363. The Balaban J connectivity index is 2.00. The van der Waals surface area contributed by atoms with E-state index in [9.17, 15) is 4.79 Å². The first-order chi connectivity index (χ1) is 8.10. The number of hydrogen-bond donors (Lipinski definition) is 1. The van der Waals surface area contributed by atoms with E-state index in [0.717, 1.165) is 16.6 Å². The van der Waals surface area contributed by atoms with Crippen molar-refractivity contribution in [2.24, 2.45) is 0 Å². The second kappa shape index (κ2) is 4.86. The molecule has 0 saturated heterocycles. The van der Waals surface area contributed by atoms with Crippen LogP contribution in [0.3, 0.4) is 0 Å². The Morgan fingerprint density at radius 2 is 2.35 bits per heavy atom. The van der Waals surface area contributed by atoms with Gasteiger partial charge < -0.3 is 10.1 Å². The zero-order chi connectivity index (χ0) is 12.5. The molecule has 0 amide bonds. The molecule has 0 spiro atoms. The molecule has 0 aromatic carbocycles.